The SMILES string of the molecule is C.C.CC.CC.CC.CC.CC.CC.CC.CC.CC.CC.CC.CC.O=C(O)c1ccccc1[N-]N=C(N=Nc1ccccc1O)c1ccccc1.O=[C-]Oc1ccccc1N=NC(=N[N-]c1ccccc1O)c1ccccc1.O=[C-]Oc1ccccc1N=NC(=N[N-]c1ccccc1O)c1ccccc1.[Cu+2].[Cu+2].[Cu+]. The number of hydrogen-bond acceptors (Lipinski definition) is 14. The number of azo groups is 3. The number of carboxylic acids is 1. The van der Waals surface area contributed by atoms with Crippen LogP contribution in [0.25, 0.3) is 16.3 Å². The second-order valence-corrected chi connectivity index (χ2v) is 15.9. The first kappa shape index (κ1) is 123. The van der Waals surface area contributed by atoms with Gasteiger partial charge in [-0.25, -0.2) is 4.79 Å². The van der Waals surface area contributed by atoms with E-state index in [1.165, 1.54) is 37.2 Å². The molecule has 9 aromatic carbocycles. The van der Waals surface area contributed by atoms with E-state index in [2.05, 4.69) is 62.3 Å². The Hall–Kier alpha value is -10.4. The number of benzene rings is 9. The van der Waals surface area contributed by atoms with Gasteiger partial charge in [-0.1, -0.05) is 374 Å². The van der Waals surface area contributed by atoms with Crippen LogP contribution in [0.4, 0.5) is 34.1 Å². The molecule has 0 spiro atoms. The fourth-order valence-corrected chi connectivity index (χ4v) is 6.51. The summed E-state index contributed by atoms with van der Waals surface area (Å²) in [6, 6.07) is 66.5. The first-order chi connectivity index (χ1) is 51.7. The third-order valence-electron chi connectivity index (χ3n) is 10.4. The summed E-state index contributed by atoms with van der Waals surface area (Å²) in [5, 5.41) is 75.6. The molecule has 21 nitrogen and oxygen atoms in total. The Morgan fingerprint density at radius 1 is 0.309 bits per heavy atom. The van der Waals surface area contributed by atoms with Crippen LogP contribution in [0.2, 0.25) is 0 Å². The predicted octanol–water partition coefficient (Wildman–Crippen LogP) is 28.8. The fraction of sp³-hybridized carbons (Fsp3) is 0.302. The molecule has 2 radical (unpaired) electrons. The molecule has 9 aromatic rings. The number of amidine groups is 3. The zero-order chi connectivity index (χ0) is 80.9. The summed E-state index contributed by atoms with van der Waals surface area (Å²) < 4.78 is 9.53. The van der Waals surface area contributed by atoms with Crippen molar-refractivity contribution in [2.45, 2.75) is 181 Å². The van der Waals surface area contributed by atoms with Crippen molar-refractivity contribution in [3.63, 3.8) is 0 Å². The van der Waals surface area contributed by atoms with E-state index >= 15 is 0 Å². The largest absolute Gasteiger partial charge is 2.00 e. The molecule has 0 aliphatic rings. The van der Waals surface area contributed by atoms with E-state index in [4.69, 9.17) is 9.47 Å². The summed E-state index contributed by atoms with van der Waals surface area (Å²) in [7, 11) is 0. The second kappa shape index (κ2) is 90.9. The number of carbonyl (C=O) groups excluding carboxylic acids is 2. The predicted molar refractivity (Wildman–Crippen MR) is 454 cm³/mol. The van der Waals surface area contributed by atoms with Crippen molar-refractivity contribution in [2.24, 2.45) is 46.0 Å². The maximum Gasteiger partial charge on any atom is 2.00 e. The van der Waals surface area contributed by atoms with Crippen molar-refractivity contribution in [3.8, 4) is 28.7 Å². The average Bonchev–Trinajstić information content (AvgIpc) is 0.866. The monoisotopic (exact) mass is 1660 g/mol. The zero-order valence-corrected chi connectivity index (χ0v) is 69.9. The molecule has 0 aliphatic carbocycles. The molecule has 9 rings (SSSR count). The molecule has 0 amide bonds. The Balaban J connectivity index is -0.000000128. The fourth-order valence-electron chi connectivity index (χ4n) is 6.51. The number of phenolic OH excluding ortho intramolecular Hbond substituents is 3. The second-order valence-electron chi connectivity index (χ2n) is 15.9. The van der Waals surface area contributed by atoms with Crippen LogP contribution in [-0.4, -0.2) is 56.8 Å². The molecule has 110 heavy (non-hydrogen) atoms. The van der Waals surface area contributed by atoms with Gasteiger partial charge in [-0.15, -0.1) is 38.3 Å². The number of nitrogens with zero attached hydrogens (tertiary/aromatic N) is 12. The minimum atomic E-state index is -1.10. The number of aromatic hydroxyl groups is 3. The number of carbonyl (C=O) groups is 1. The van der Waals surface area contributed by atoms with E-state index in [0.717, 1.165) is 0 Å². The maximum absolute atomic E-state index is 11.3. The quantitative estimate of drug-likeness (QED) is 0.0168. The molecule has 0 aromatic heterocycles. The first-order valence-electron chi connectivity index (χ1n) is 35.9. The van der Waals surface area contributed by atoms with Crippen LogP contribution in [-0.2, 0) is 60.8 Å². The Labute approximate surface area is 692 Å². The van der Waals surface area contributed by atoms with Gasteiger partial charge in [0.1, 0.15) is 22.9 Å². The summed E-state index contributed by atoms with van der Waals surface area (Å²) in [6.45, 7) is 50.7. The summed E-state index contributed by atoms with van der Waals surface area (Å²) in [6.07, 6.45) is 0. The van der Waals surface area contributed by atoms with Crippen LogP contribution >= 0.6 is 0 Å². The molecule has 0 bridgehead atoms. The van der Waals surface area contributed by atoms with Crippen molar-refractivity contribution in [1.29, 1.82) is 0 Å². The van der Waals surface area contributed by atoms with Gasteiger partial charge in [0.15, 0.2) is 30.5 Å². The number of hydrogen-bond donors (Lipinski definition) is 4. The smallest absolute Gasteiger partial charge is 0.608 e. The number of para-hydroxylation sites is 5. The van der Waals surface area contributed by atoms with Crippen LogP contribution < -0.4 is 9.47 Å². The normalized spacial score (nSPS) is 9.04. The molecule has 4 N–H and O–H groups in total. The summed E-state index contributed by atoms with van der Waals surface area (Å²) in [4.78, 5) is 32.3. The molecule has 0 saturated heterocycles. The molecular formula is C86H123Cu3N12O9. The third-order valence-corrected chi connectivity index (χ3v) is 10.4. The average molecular weight is 1660 g/mol. The van der Waals surface area contributed by atoms with Crippen LogP contribution in [0, 0.1) is 0 Å². The van der Waals surface area contributed by atoms with E-state index < -0.39 is 5.97 Å². The van der Waals surface area contributed by atoms with E-state index in [9.17, 15) is 34.8 Å². The van der Waals surface area contributed by atoms with Gasteiger partial charge in [0.2, 0.25) is 0 Å². The third kappa shape index (κ3) is 52.6. The molecular weight excluding hydrogens is 1540 g/mol. The summed E-state index contributed by atoms with van der Waals surface area (Å²) >= 11 is 0. The van der Waals surface area contributed by atoms with Crippen molar-refractivity contribution in [2.75, 3.05) is 0 Å². The Kier molecular flexibility index (Phi) is 102. The Morgan fingerprint density at radius 3 is 0.818 bits per heavy atom. The van der Waals surface area contributed by atoms with E-state index in [0.29, 0.717) is 39.4 Å². The maximum atomic E-state index is 11.3. The molecule has 24 heteroatoms. The minimum absolute atomic E-state index is 0. The molecule has 614 valence electrons. The van der Waals surface area contributed by atoms with Gasteiger partial charge in [0.25, 0.3) is 0 Å². The Bertz CT molecular complexity index is 3580. The molecule has 0 heterocycles. The number of ether oxygens (including phenoxy) is 2. The van der Waals surface area contributed by atoms with Crippen molar-refractivity contribution >= 4 is 70.5 Å². The minimum Gasteiger partial charge on any atom is -0.608 e. The van der Waals surface area contributed by atoms with Gasteiger partial charge >= 0.3 is 57.2 Å². The molecule has 0 atom stereocenters. The van der Waals surface area contributed by atoms with Crippen LogP contribution in [0.1, 0.15) is 208 Å². The topological polar surface area (TPSA) is 304 Å². The van der Waals surface area contributed by atoms with Crippen molar-refractivity contribution in [3.05, 3.63) is 275 Å². The van der Waals surface area contributed by atoms with Gasteiger partial charge in [0.05, 0.1) is 0 Å². The summed E-state index contributed by atoms with van der Waals surface area (Å²) in [5.74, 6) is -0.0191. The number of rotatable bonds is 17. The van der Waals surface area contributed by atoms with Crippen molar-refractivity contribution < 1.29 is 95.5 Å². The van der Waals surface area contributed by atoms with Gasteiger partial charge in [-0.2, -0.15) is 10.2 Å². The molecule has 0 saturated carbocycles. The van der Waals surface area contributed by atoms with E-state index in [1.54, 1.807) is 158 Å². The number of carboxylic acid groups (broad SMARTS) is 1. The van der Waals surface area contributed by atoms with Gasteiger partial charge in [-0.05, 0) is 54.0 Å². The van der Waals surface area contributed by atoms with Crippen LogP contribution in [0.3, 0.4) is 0 Å². The zero-order valence-electron chi connectivity index (χ0n) is 67.1. The van der Waals surface area contributed by atoms with Gasteiger partial charge in [0, 0.05) is 33.6 Å². The number of phenols is 3. The number of aromatic carboxylic acids is 1. The standard InChI is InChI=1S/2C20H14N4O3.C20H16N4O3.12C2H6.2CH4.3Cu/c2*25-14-27-19-13-7-5-11-17(19)22-24-20(15-8-2-1-3-9-15)23-21-16-10-4-6-12-18(16)26;25-18-13-7-6-12-17(18)22-24-19(14-8-2-1-3-9-14)23-21-16-11-5-4-10-15(16)20(26)27;12*1-2;;;;;/h2*1-13H,(H-,21,22,23,24,26);1-13H,(H3,21,22,23,24,25,26,27);12*1-2H3;2*1H4;;;/q2*-2;;;;;;;;;;;;;;;;+1;2*+2/p-1. The van der Waals surface area contributed by atoms with Gasteiger partial charge in [-0.3, -0.25) is 0 Å². The molecule has 0 fully saturated rings. The van der Waals surface area contributed by atoms with E-state index in [-0.39, 0.29) is 129 Å². The van der Waals surface area contributed by atoms with Gasteiger partial charge < -0.3 is 71.1 Å². The van der Waals surface area contributed by atoms with Crippen molar-refractivity contribution in [1.82, 2.24) is 0 Å². The molecule has 0 aliphatic heterocycles. The van der Waals surface area contributed by atoms with E-state index in [1.807, 2.05) is 221 Å². The Morgan fingerprint density at radius 2 is 0.536 bits per heavy atom. The van der Waals surface area contributed by atoms with Crippen LogP contribution in [0.5, 0.6) is 28.7 Å². The molecule has 0 unspecified atom stereocenters. The summed E-state index contributed by atoms with van der Waals surface area (Å²) in [5.41, 5.74) is 15.9. The first-order valence-corrected chi connectivity index (χ1v) is 35.9. The van der Waals surface area contributed by atoms with Crippen LogP contribution in [0.15, 0.2) is 283 Å².